The van der Waals surface area contributed by atoms with Crippen LogP contribution in [0.5, 0.6) is 0 Å². The third-order valence-electron chi connectivity index (χ3n) is 14.9. The fraction of sp³-hybridized carbons (Fsp3) is 0. The van der Waals surface area contributed by atoms with E-state index in [0.717, 1.165) is 72.0 Å². The summed E-state index contributed by atoms with van der Waals surface area (Å²) in [5, 5.41) is 5.35. The first-order chi connectivity index (χ1) is 38.7. The number of para-hydroxylation sites is 6. The first kappa shape index (κ1) is 46.1. The lowest BCUT2D eigenvalue weighted by molar-refractivity contribution is 0.624. The van der Waals surface area contributed by atoms with E-state index in [1.54, 1.807) is 22.7 Å². The zero-order valence-electron chi connectivity index (χ0n) is 41.8. The molecule has 0 aliphatic carbocycles. The van der Waals surface area contributed by atoms with E-state index in [1.807, 2.05) is 60.9 Å². The standard InChI is InChI=1S/C34H21BN2OS.C34H23ClN2OS/c1-3-12-22(13-4-1)36-26-18-9-8-17-25(26)35-31-27(36)19-11-20-28(31)37(23-14-5-2-6-15-23)32-30-24-16-7-10-21-29(24)39-34(30)38-33(32)35;35-33-28(36(24-13-4-1-5-14-24)25-15-6-2-7-16-25)20-12-21-29(33)37(26-17-8-3-9-18-26)30-23-38-34-32(30)27-19-10-11-22-31(27)39-34/h1-21H;1-23H. The van der Waals surface area contributed by atoms with Gasteiger partial charge in [0.25, 0.3) is 6.71 Å². The summed E-state index contributed by atoms with van der Waals surface area (Å²) < 4.78 is 15.5. The van der Waals surface area contributed by atoms with Crippen molar-refractivity contribution < 1.29 is 8.83 Å². The Morgan fingerprint density at radius 3 is 1.49 bits per heavy atom. The molecule has 14 aromatic rings. The number of fused-ring (bicyclic) bond motifs is 11. The summed E-state index contributed by atoms with van der Waals surface area (Å²) in [5.41, 5.74) is 16.4. The summed E-state index contributed by atoms with van der Waals surface area (Å²) in [4.78, 5) is 11.1. The number of furan rings is 2. The molecule has 0 saturated carbocycles. The number of hydrogen-bond donors (Lipinski definition) is 0. The van der Waals surface area contributed by atoms with Gasteiger partial charge in [0.15, 0.2) is 9.79 Å². The van der Waals surface area contributed by atoms with Crippen LogP contribution in [0.25, 0.3) is 40.7 Å². The number of halogens is 1. The first-order valence-corrected chi connectivity index (χ1v) is 28.0. The quantitative estimate of drug-likeness (QED) is 0.141. The van der Waals surface area contributed by atoms with Gasteiger partial charge in [-0.15, -0.1) is 0 Å². The van der Waals surface area contributed by atoms with Crippen LogP contribution < -0.4 is 36.2 Å². The van der Waals surface area contributed by atoms with E-state index >= 15 is 0 Å². The third kappa shape index (κ3) is 7.46. The van der Waals surface area contributed by atoms with Crippen LogP contribution in [0.15, 0.2) is 276 Å². The van der Waals surface area contributed by atoms with Crippen molar-refractivity contribution in [2.75, 3.05) is 19.6 Å². The van der Waals surface area contributed by atoms with Crippen molar-refractivity contribution >= 4 is 167 Å². The molecule has 6 heterocycles. The fourth-order valence-electron chi connectivity index (χ4n) is 11.6. The topological polar surface area (TPSA) is 39.2 Å². The van der Waals surface area contributed by atoms with Gasteiger partial charge in [0.05, 0.1) is 38.5 Å². The SMILES string of the molecule is Clc1c(N(c2ccccc2)c2ccccc2)cccc1N(c1ccccc1)c1coc2sc3ccccc3c12.c1ccc(N2c3ccccc3B3c4oc5sc6ccccc6c5c4N(c4ccccc4)c4cccc2c43)cc1. The number of benzene rings is 10. The average Bonchev–Trinajstić information content (AvgIpc) is 4.21. The molecule has 370 valence electrons. The molecule has 0 N–H and O–H groups in total. The summed E-state index contributed by atoms with van der Waals surface area (Å²) >= 11 is 10.8. The van der Waals surface area contributed by atoms with Crippen LogP contribution in [0.4, 0.5) is 68.2 Å². The van der Waals surface area contributed by atoms with Gasteiger partial charge in [0, 0.05) is 65.7 Å². The number of thiophene rings is 2. The highest BCUT2D eigenvalue weighted by molar-refractivity contribution is 7.26. The summed E-state index contributed by atoms with van der Waals surface area (Å²) in [7, 11) is 0. The Labute approximate surface area is 464 Å². The predicted molar refractivity (Wildman–Crippen MR) is 332 cm³/mol. The van der Waals surface area contributed by atoms with Gasteiger partial charge in [-0.05, 0) is 114 Å². The van der Waals surface area contributed by atoms with Crippen LogP contribution in [0.1, 0.15) is 0 Å². The number of nitrogens with zero attached hydrogens (tertiary/aromatic N) is 4. The van der Waals surface area contributed by atoms with E-state index in [1.165, 1.54) is 53.5 Å². The molecule has 0 bridgehead atoms. The van der Waals surface area contributed by atoms with Gasteiger partial charge >= 0.3 is 0 Å². The number of anilines is 12. The second-order valence-electron chi connectivity index (χ2n) is 19.3. The zero-order chi connectivity index (χ0) is 51.7. The van der Waals surface area contributed by atoms with Gasteiger partial charge in [-0.3, -0.25) is 0 Å². The average molecular weight is 1060 g/mol. The van der Waals surface area contributed by atoms with Crippen LogP contribution in [0.3, 0.4) is 0 Å². The molecule has 0 unspecified atom stereocenters. The molecular weight excluding hydrogens is 1020 g/mol. The van der Waals surface area contributed by atoms with Crippen LogP contribution in [0.2, 0.25) is 5.02 Å². The molecule has 0 atom stereocenters. The Morgan fingerprint density at radius 2 is 0.859 bits per heavy atom. The van der Waals surface area contributed by atoms with E-state index in [2.05, 4.69) is 226 Å². The third-order valence-corrected chi connectivity index (χ3v) is 17.4. The van der Waals surface area contributed by atoms with Gasteiger partial charge in [0.1, 0.15) is 11.9 Å². The van der Waals surface area contributed by atoms with Crippen molar-refractivity contribution in [2.45, 2.75) is 0 Å². The Hall–Kier alpha value is -9.25. The highest BCUT2D eigenvalue weighted by atomic mass is 35.5. The predicted octanol–water partition coefficient (Wildman–Crippen LogP) is 19.0. The van der Waals surface area contributed by atoms with Crippen molar-refractivity contribution in [3.8, 4) is 0 Å². The molecule has 0 amide bonds. The van der Waals surface area contributed by atoms with Gasteiger partial charge in [-0.25, -0.2) is 0 Å². The van der Waals surface area contributed by atoms with E-state index in [-0.39, 0.29) is 6.71 Å². The summed E-state index contributed by atoms with van der Waals surface area (Å²) in [6.45, 7) is 0.000636. The Balaban J connectivity index is 0.000000136. The number of hydrogen-bond acceptors (Lipinski definition) is 8. The smallest absolute Gasteiger partial charge is 0.297 e. The molecule has 10 heteroatoms. The summed E-state index contributed by atoms with van der Waals surface area (Å²) in [6.07, 6.45) is 1.84. The molecule has 2 aliphatic heterocycles. The molecule has 0 saturated heterocycles. The zero-order valence-corrected chi connectivity index (χ0v) is 44.2. The minimum absolute atomic E-state index is 0.000636. The maximum atomic E-state index is 7.40. The largest absolute Gasteiger partial charge is 0.457 e. The molecule has 10 aromatic carbocycles. The first-order valence-electron chi connectivity index (χ1n) is 26.0. The lowest BCUT2D eigenvalue weighted by Crippen LogP contribution is -2.60. The van der Waals surface area contributed by atoms with E-state index in [4.69, 9.17) is 20.4 Å². The second-order valence-corrected chi connectivity index (χ2v) is 21.7. The van der Waals surface area contributed by atoms with Gasteiger partial charge < -0.3 is 28.4 Å². The van der Waals surface area contributed by atoms with Crippen LogP contribution in [-0.4, -0.2) is 6.71 Å². The summed E-state index contributed by atoms with van der Waals surface area (Å²) in [5.74, 6) is 0. The van der Waals surface area contributed by atoms with Gasteiger partial charge in [-0.1, -0.05) is 192 Å². The van der Waals surface area contributed by atoms with Crippen molar-refractivity contribution in [3.63, 3.8) is 0 Å². The van der Waals surface area contributed by atoms with E-state index in [9.17, 15) is 0 Å². The molecule has 0 fully saturated rings. The van der Waals surface area contributed by atoms with E-state index in [0.29, 0.717) is 5.02 Å². The second kappa shape index (κ2) is 19.1. The highest BCUT2D eigenvalue weighted by Crippen LogP contribution is 2.52. The van der Waals surface area contributed by atoms with Gasteiger partial charge in [0.2, 0.25) is 0 Å². The molecule has 6 nitrogen and oxygen atoms in total. The number of rotatable bonds is 8. The van der Waals surface area contributed by atoms with Crippen molar-refractivity contribution in [1.29, 1.82) is 0 Å². The molecule has 4 aromatic heterocycles. The molecule has 0 spiro atoms. The maximum Gasteiger partial charge on any atom is 0.297 e. The van der Waals surface area contributed by atoms with Crippen molar-refractivity contribution in [3.05, 3.63) is 272 Å². The van der Waals surface area contributed by atoms with Crippen molar-refractivity contribution in [2.24, 2.45) is 0 Å². The fourth-order valence-corrected chi connectivity index (χ4v) is 14.1. The Bertz CT molecular complexity index is 4470. The minimum Gasteiger partial charge on any atom is -0.457 e. The van der Waals surface area contributed by atoms with Gasteiger partial charge in [-0.2, -0.15) is 0 Å². The van der Waals surface area contributed by atoms with Crippen molar-refractivity contribution in [1.82, 2.24) is 0 Å². The molecule has 16 rings (SSSR count). The molecule has 78 heavy (non-hydrogen) atoms. The molecular formula is C68H44BClN4O2S2. The highest BCUT2D eigenvalue weighted by Gasteiger charge is 2.47. The lowest BCUT2D eigenvalue weighted by Gasteiger charge is -2.42. The van der Waals surface area contributed by atoms with Crippen LogP contribution in [0, 0.1) is 0 Å². The minimum atomic E-state index is 0.000636. The molecule has 2 aliphatic rings. The Morgan fingerprint density at radius 1 is 0.397 bits per heavy atom. The molecule has 0 radical (unpaired) electrons. The van der Waals surface area contributed by atoms with E-state index < -0.39 is 0 Å². The maximum absolute atomic E-state index is 7.40. The van der Waals surface area contributed by atoms with Crippen LogP contribution in [-0.2, 0) is 0 Å². The van der Waals surface area contributed by atoms with Crippen LogP contribution >= 0.6 is 34.3 Å². The monoisotopic (exact) mass is 1060 g/mol. The summed E-state index contributed by atoms with van der Waals surface area (Å²) in [6, 6.07) is 91.1. The lowest BCUT2D eigenvalue weighted by atomic mass is 9.35. The Kier molecular flexibility index (Phi) is 11.3. The normalized spacial score (nSPS) is 12.3.